The van der Waals surface area contributed by atoms with Crippen LogP contribution in [-0.2, 0) is 23.9 Å². The van der Waals surface area contributed by atoms with Gasteiger partial charge in [0.2, 0.25) is 5.91 Å². The van der Waals surface area contributed by atoms with Crippen molar-refractivity contribution in [2.45, 2.75) is 77.7 Å². The first kappa shape index (κ1) is 31.0. The van der Waals surface area contributed by atoms with E-state index in [1.807, 2.05) is 51.1 Å². The highest BCUT2D eigenvalue weighted by Crippen LogP contribution is 2.24. The summed E-state index contributed by atoms with van der Waals surface area (Å²) < 4.78 is 11.6. The van der Waals surface area contributed by atoms with E-state index in [9.17, 15) is 14.4 Å². The smallest absolute Gasteiger partial charge is 0.325 e. The molecule has 0 radical (unpaired) electrons. The molecule has 216 valence electrons. The molecule has 4 atom stereocenters. The predicted octanol–water partition coefficient (Wildman–Crippen LogP) is 4.49. The third-order valence-corrected chi connectivity index (χ3v) is 6.92. The van der Waals surface area contributed by atoms with E-state index in [1.165, 1.54) is 5.01 Å². The number of rotatable bonds is 13. The highest BCUT2D eigenvalue weighted by molar-refractivity contribution is 5.89. The van der Waals surface area contributed by atoms with E-state index in [0.717, 1.165) is 34.9 Å². The van der Waals surface area contributed by atoms with Gasteiger partial charge in [-0.3, -0.25) is 24.4 Å². The third-order valence-electron chi connectivity index (χ3n) is 6.92. The Morgan fingerprint density at radius 1 is 1.18 bits per heavy atom. The molecule has 0 aliphatic carbocycles. The van der Waals surface area contributed by atoms with Gasteiger partial charge in [-0.05, 0) is 74.6 Å². The van der Waals surface area contributed by atoms with Crippen LogP contribution in [0.15, 0.2) is 49.7 Å². The van der Waals surface area contributed by atoms with Crippen molar-refractivity contribution >= 4 is 34.6 Å². The lowest BCUT2D eigenvalue weighted by molar-refractivity contribution is -0.157. The van der Waals surface area contributed by atoms with Crippen molar-refractivity contribution in [3.05, 3.63) is 61.0 Å². The minimum Gasteiger partial charge on any atom is -0.457 e. The maximum absolute atomic E-state index is 13.1. The van der Waals surface area contributed by atoms with Crippen molar-refractivity contribution < 1.29 is 23.9 Å². The van der Waals surface area contributed by atoms with Gasteiger partial charge in [-0.1, -0.05) is 38.6 Å². The lowest BCUT2D eigenvalue weighted by Crippen LogP contribution is -2.60. The van der Waals surface area contributed by atoms with Crippen molar-refractivity contribution in [1.82, 2.24) is 20.7 Å². The molecule has 9 heteroatoms. The highest BCUT2D eigenvalue weighted by atomic mass is 16.5. The van der Waals surface area contributed by atoms with Crippen LogP contribution in [0.2, 0.25) is 0 Å². The normalized spacial score (nSPS) is 17.6. The molecule has 0 saturated carbocycles. The number of pyridine rings is 1. The number of allylic oxidation sites excluding steroid dienone is 1. The molecule has 0 unspecified atom stereocenters. The van der Waals surface area contributed by atoms with Gasteiger partial charge in [0.25, 0.3) is 5.91 Å². The Hall–Kier alpha value is -3.56. The molecule has 0 spiro atoms. The molecule has 3 rings (SSSR count). The topological polar surface area (TPSA) is 110 Å². The number of hydrogen-bond acceptors (Lipinski definition) is 7. The molecule has 1 saturated heterocycles. The number of ether oxygens (including phenoxy) is 2. The second-order valence-corrected chi connectivity index (χ2v) is 10.5. The van der Waals surface area contributed by atoms with Crippen LogP contribution < -0.4 is 10.7 Å². The number of unbranched alkanes of at least 4 members (excludes halogenated alkanes) is 1. The Kier molecular flexibility index (Phi) is 11.4. The maximum Gasteiger partial charge on any atom is 0.325 e. The summed E-state index contributed by atoms with van der Waals surface area (Å²) in [5.41, 5.74) is 4.63. The second kappa shape index (κ2) is 14.7. The highest BCUT2D eigenvalue weighted by Gasteiger charge is 2.33. The Bertz CT molecular complexity index is 1210. The lowest BCUT2D eigenvalue weighted by atomic mass is 10.0. The van der Waals surface area contributed by atoms with E-state index < -0.39 is 30.3 Å². The number of fused-ring (bicyclic) bond motifs is 1. The van der Waals surface area contributed by atoms with E-state index in [-0.39, 0.29) is 17.7 Å². The number of aromatic nitrogens is 1. The maximum atomic E-state index is 13.1. The first-order valence-corrected chi connectivity index (χ1v) is 14.0. The Balaban J connectivity index is 1.56. The summed E-state index contributed by atoms with van der Waals surface area (Å²) in [7, 11) is 0. The van der Waals surface area contributed by atoms with Gasteiger partial charge in [-0.15, -0.1) is 6.58 Å². The van der Waals surface area contributed by atoms with Crippen molar-refractivity contribution in [3.63, 3.8) is 0 Å². The molecule has 2 heterocycles. The average Bonchev–Trinajstić information content (AvgIpc) is 2.95. The van der Waals surface area contributed by atoms with Gasteiger partial charge >= 0.3 is 5.97 Å². The Morgan fingerprint density at radius 3 is 2.65 bits per heavy atom. The standard InChI is InChI=1S/C31H42N4O5/c1-7-9-10-16-39-28(20(3)4)29(36)33-21(5)30(37)35-15-11-12-27(34-35)31(38)40-22(6)23-13-14-24-19-32-26(8-2)18-25(24)17-23/h7-8,13-14,17-22,27-28,34H,1-2,9-12,15-16H2,3-6H3,(H,33,36)/t21-,22+,27-,28-/m0/s1. The number of carbonyl (C=O) groups is 3. The van der Waals surface area contributed by atoms with Crippen molar-refractivity contribution in [3.8, 4) is 0 Å². The van der Waals surface area contributed by atoms with Crippen LogP contribution in [0.5, 0.6) is 0 Å². The molecule has 2 aromatic rings. The largest absolute Gasteiger partial charge is 0.457 e. The molecule has 9 nitrogen and oxygen atoms in total. The zero-order chi connectivity index (χ0) is 29.2. The fourth-order valence-corrected chi connectivity index (χ4v) is 4.58. The summed E-state index contributed by atoms with van der Waals surface area (Å²) in [6.07, 6.45) is 6.89. The van der Waals surface area contributed by atoms with Gasteiger partial charge in [0.15, 0.2) is 0 Å². The van der Waals surface area contributed by atoms with Crippen LogP contribution in [0.3, 0.4) is 0 Å². The Labute approximate surface area is 237 Å². The fraction of sp³-hybridized carbons (Fsp3) is 0.484. The van der Waals surface area contributed by atoms with Gasteiger partial charge in [0.1, 0.15) is 24.3 Å². The molecule has 2 amide bonds. The van der Waals surface area contributed by atoms with Crippen LogP contribution in [0.4, 0.5) is 0 Å². The third kappa shape index (κ3) is 8.22. The van der Waals surface area contributed by atoms with Gasteiger partial charge in [0, 0.05) is 24.7 Å². The fourth-order valence-electron chi connectivity index (χ4n) is 4.58. The van der Waals surface area contributed by atoms with E-state index in [2.05, 4.69) is 28.9 Å². The minimum absolute atomic E-state index is 0.0522. The summed E-state index contributed by atoms with van der Waals surface area (Å²) in [4.78, 5) is 43.4. The van der Waals surface area contributed by atoms with Gasteiger partial charge in [-0.25, -0.2) is 5.43 Å². The molecular weight excluding hydrogens is 508 g/mol. The first-order chi connectivity index (χ1) is 19.1. The van der Waals surface area contributed by atoms with E-state index in [0.29, 0.717) is 26.0 Å². The lowest BCUT2D eigenvalue weighted by Gasteiger charge is -2.35. The van der Waals surface area contributed by atoms with Gasteiger partial charge < -0.3 is 14.8 Å². The zero-order valence-electron chi connectivity index (χ0n) is 24.0. The molecule has 1 aromatic carbocycles. The number of amides is 2. The molecule has 1 fully saturated rings. The van der Waals surface area contributed by atoms with Crippen LogP contribution in [0, 0.1) is 5.92 Å². The van der Waals surface area contributed by atoms with Crippen molar-refractivity contribution in [2.24, 2.45) is 5.92 Å². The van der Waals surface area contributed by atoms with Crippen molar-refractivity contribution in [1.29, 1.82) is 0 Å². The predicted molar refractivity (Wildman–Crippen MR) is 156 cm³/mol. The van der Waals surface area contributed by atoms with Gasteiger partial charge in [0.05, 0.1) is 5.69 Å². The van der Waals surface area contributed by atoms with Crippen LogP contribution in [0.1, 0.15) is 70.7 Å². The van der Waals surface area contributed by atoms with Crippen LogP contribution in [-0.4, -0.2) is 59.1 Å². The Morgan fingerprint density at radius 2 is 1.95 bits per heavy atom. The number of nitrogens with one attached hydrogen (secondary N) is 2. The summed E-state index contributed by atoms with van der Waals surface area (Å²) in [6.45, 7) is 15.6. The molecule has 0 bridgehead atoms. The van der Waals surface area contributed by atoms with Crippen LogP contribution in [0.25, 0.3) is 16.8 Å². The van der Waals surface area contributed by atoms with Crippen molar-refractivity contribution in [2.75, 3.05) is 13.2 Å². The average molecular weight is 551 g/mol. The molecule has 1 aliphatic rings. The molecule has 40 heavy (non-hydrogen) atoms. The number of nitrogens with zero attached hydrogens (tertiary/aromatic N) is 2. The number of hydrazine groups is 1. The van der Waals surface area contributed by atoms with Gasteiger partial charge in [-0.2, -0.15) is 0 Å². The van der Waals surface area contributed by atoms with E-state index in [1.54, 1.807) is 19.2 Å². The molecule has 1 aromatic heterocycles. The first-order valence-electron chi connectivity index (χ1n) is 14.0. The summed E-state index contributed by atoms with van der Waals surface area (Å²) in [6, 6.07) is 6.31. The number of carbonyl (C=O) groups excluding carboxylic acids is 3. The molecule has 2 N–H and O–H groups in total. The molecule has 1 aliphatic heterocycles. The summed E-state index contributed by atoms with van der Waals surface area (Å²) in [5, 5.41) is 6.15. The number of benzene rings is 1. The van der Waals surface area contributed by atoms with Crippen LogP contribution >= 0.6 is 0 Å². The minimum atomic E-state index is -0.792. The molecular formula is C31H42N4O5. The summed E-state index contributed by atoms with van der Waals surface area (Å²) in [5.74, 6) is -1.14. The van der Waals surface area contributed by atoms with E-state index >= 15 is 0 Å². The monoisotopic (exact) mass is 550 g/mol. The van der Waals surface area contributed by atoms with E-state index in [4.69, 9.17) is 9.47 Å². The SMILES string of the molecule is C=CCCCO[C@H](C(=O)N[C@@H](C)C(=O)N1CCC[C@@H](C(=O)O[C@H](C)c2ccc3cnc(C=C)cc3c2)N1)C(C)C. The number of hydrogen-bond donors (Lipinski definition) is 2. The summed E-state index contributed by atoms with van der Waals surface area (Å²) >= 11 is 0. The second-order valence-electron chi connectivity index (χ2n) is 10.5. The zero-order valence-corrected chi connectivity index (χ0v) is 24.0. The quantitative estimate of drug-likeness (QED) is 0.215. The number of esters is 1.